The van der Waals surface area contributed by atoms with Gasteiger partial charge in [-0.25, -0.2) is 13.2 Å². The minimum Gasteiger partial charge on any atom is -0.508 e. The highest BCUT2D eigenvalue weighted by Gasteiger charge is 2.20. The molecule has 2 amide bonds. The van der Waals surface area contributed by atoms with Crippen molar-refractivity contribution in [2.24, 2.45) is 5.73 Å². The number of aryl methyl sites for hydroxylation is 1. The van der Waals surface area contributed by atoms with E-state index < -0.39 is 29.4 Å². The number of primary amides is 1. The summed E-state index contributed by atoms with van der Waals surface area (Å²) in [6.07, 6.45) is 6.45. The molecule has 5 aromatic rings. The molecule has 8 nitrogen and oxygen atoms in total. The van der Waals surface area contributed by atoms with Gasteiger partial charge < -0.3 is 16.2 Å². The van der Waals surface area contributed by atoms with Gasteiger partial charge in [0.05, 0.1) is 29.0 Å². The Hall–Kier alpha value is -5.19. The van der Waals surface area contributed by atoms with E-state index in [0.29, 0.717) is 28.8 Å². The van der Waals surface area contributed by atoms with Crippen LogP contribution in [-0.4, -0.2) is 32.2 Å². The maximum Gasteiger partial charge on any atom is 0.251 e. The number of aromatic nitrogens is 3. The van der Waals surface area contributed by atoms with Gasteiger partial charge in [0.25, 0.3) is 5.91 Å². The fraction of sp³-hybridized carbons (Fsp3) is 0.235. The number of benzene rings is 3. The Labute approximate surface area is 259 Å². The Bertz CT molecular complexity index is 1720. The summed E-state index contributed by atoms with van der Waals surface area (Å²) in [7, 11) is 0. The summed E-state index contributed by atoms with van der Waals surface area (Å²) in [4.78, 5) is 26.9. The number of amides is 2. The van der Waals surface area contributed by atoms with E-state index >= 15 is 0 Å². The highest BCUT2D eigenvalue weighted by atomic mass is 19.1. The average molecular weight is 620 g/mol. The summed E-state index contributed by atoms with van der Waals surface area (Å²) in [6.45, 7) is 7.21. The second-order valence-electron chi connectivity index (χ2n) is 10.0. The third kappa shape index (κ3) is 9.40. The molecule has 11 heteroatoms. The Morgan fingerprint density at radius 1 is 1.00 bits per heavy atom. The van der Waals surface area contributed by atoms with Crippen LogP contribution in [0.15, 0.2) is 79.1 Å². The van der Waals surface area contributed by atoms with Gasteiger partial charge in [0.1, 0.15) is 23.2 Å². The molecule has 0 saturated carbocycles. The number of hydrogen-bond donors (Lipinski definition) is 3. The molecule has 2 aromatic heterocycles. The van der Waals surface area contributed by atoms with Crippen molar-refractivity contribution in [1.29, 1.82) is 0 Å². The standard InChI is InChI=1S/C21H16F3N3O2.C9H10N2O.C4H10/c22-14-6-12(7-15(23)10-14)8-19(27-11-28)20-16(2-1-5-26-20)13-3-4-18(24)17(9-13)21(25)29;1-2-11-9-5-8(12)4-3-7(9)6-10-11;1-3-4-2/h1-7,9-11,19H,8H2,(H2,25,29)(H,27,28);3-6,12H,2H2,1H3;3-4H2,1-2H3. The molecular weight excluding hydrogens is 583 g/mol. The molecule has 5 rings (SSSR count). The largest absolute Gasteiger partial charge is 0.508 e. The van der Waals surface area contributed by atoms with E-state index in [0.717, 1.165) is 41.7 Å². The highest BCUT2D eigenvalue weighted by Crippen LogP contribution is 2.30. The number of nitrogens with one attached hydrogen (secondary N) is 1. The van der Waals surface area contributed by atoms with Crippen LogP contribution in [0.5, 0.6) is 5.75 Å². The summed E-state index contributed by atoms with van der Waals surface area (Å²) in [5, 5.41) is 17.0. The molecule has 236 valence electrons. The summed E-state index contributed by atoms with van der Waals surface area (Å²) in [6, 6.07) is 14.8. The summed E-state index contributed by atoms with van der Waals surface area (Å²) in [5.41, 5.74) is 7.56. The van der Waals surface area contributed by atoms with Gasteiger partial charge in [0, 0.05) is 35.8 Å². The normalized spacial score (nSPS) is 11.1. The first-order valence-electron chi connectivity index (χ1n) is 14.5. The van der Waals surface area contributed by atoms with Crippen LogP contribution in [0.1, 0.15) is 61.3 Å². The topological polar surface area (TPSA) is 123 Å². The first-order chi connectivity index (χ1) is 21.6. The summed E-state index contributed by atoms with van der Waals surface area (Å²) in [5.74, 6) is -2.87. The van der Waals surface area contributed by atoms with E-state index in [1.54, 1.807) is 30.5 Å². The van der Waals surface area contributed by atoms with Crippen LogP contribution in [0.2, 0.25) is 0 Å². The highest BCUT2D eigenvalue weighted by molar-refractivity contribution is 5.94. The lowest BCUT2D eigenvalue weighted by Gasteiger charge is -2.19. The van der Waals surface area contributed by atoms with Gasteiger partial charge in [-0.1, -0.05) is 38.8 Å². The molecule has 0 bridgehead atoms. The van der Waals surface area contributed by atoms with Crippen molar-refractivity contribution in [3.63, 3.8) is 0 Å². The number of phenols is 1. The van der Waals surface area contributed by atoms with E-state index in [4.69, 9.17) is 5.73 Å². The van der Waals surface area contributed by atoms with Crippen LogP contribution < -0.4 is 11.1 Å². The SMILES string of the molecule is CCCC.CCn1ncc2ccc(O)cc21.NC(=O)c1cc(-c2cccnc2C(Cc2cc(F)cc(F)c2)NC=O)ccc1F. The second kappa shape index (κ2) is 16.6. The minimum absolute atomic E-state index is 0.0568. The third-order valence-corrected chi connectivity index (χ3v) is 6.77. The zero-order chi connectivity index (χ0) is 32.9. The van der Waals surface area contributed by atoms with Crippen molar-refractivity contribution in [2.75, 3.05) is 0 Å². The van der Waals surface area contributed by atoms with Gasteiger partial charge >= 0.3 is 0 Å². The number of pyridine rings is 1. The van der Waals surface area contributed by atoms with E-state index in [-0.39, 0.29) is 17.7 Å². The van der Waals surface area contributed by atoms with Gasteiger partial charge in [0.2, 0.25) is 6.41 Å². The lowest BCUT2D eigenvalue weighted by atomic mass is 9.94. The molecule has 4 N–H and O–H groups in total. The maximum atomic E-state index is 13.8. The van der Waals surface area contributed by atoms with Crippen molar-refractivity contribution >= 4 is 23.2 Å². The molecule has 0 aliphatic heterocycles. The van der Waals surface area contributed by atoms with Crippen molar-refractivity contribution in [2.45, 2.75) is 52.6 Å². The lowest BCUT2D eigenvalue weighted by Crippen LogP contribution is -2.23. The Kier molecular flexibility index (Phi) is 12.7. The lowest BCUT2D eigenvalue weighted by molar-refractivity contribution is -0.110. The molecule has 0 spiro atoms. The van der Waals surface area contributed by atoms with E-state index in [1.807, 2.05) is 17.7 Å². The molecule has 0 aliphatic carbocycles. The van der Waals surface area contributed by atoms with Gasteiger partial charge in [-0.3, -0.25) is 19.3 Å². The van der Waals surface area contributed by atoms with Crippen molar-refractivity contribution < 1.29 is 27.9 Å². The Morgan fingerprint density at radius 2 is 1.71 bits per heavy atom. The molecule has 0 fully saturated rings. The van der Waals surface area contributed by atoms with Crippen LogP contribution >= 0.6 is 0 Å². The number of halogens is 3. The van der Waals surface area contributed by atoms with E-state index in [2.05, 4.69) is 29.2 Å². The molecule has 3 aromatic carbocycles. The monoisotopic (exact) mass is 619 g/mol. The number of carbonyl (C=O) groups excluding carboxylic acids is 2. The molecule has 0 aliphatic rings. The molecule has 0 saturated heterocycles. The molecule has 1 unspecified atom stereocenters. The number of unbranched alkanes of at least 4 members (excludes halogenated alkanes) is 1. The molecule has 1 atom stereocenters. The predicted molar refractivity (Wildman–Crippen MR) is 168 cm³/mol. The molecular formula is C34H36F3N5O3. The van der Waals surface area contributed by atoms with Crippen LogP contribution in [0.25, 0.3) is 22.0 Å². The number of aromatic hydroxyl groups is 1. The first kappa shape index (κ1) is 34.3. The smallest absolute Gasteiger partial charge is 0.251 e. The van der Waals surface area contributed by atoms with Gasteiger partial charge in [-0.2, -0.15) is 5.10 Å². The first-order valence-corrected chi connectivity index (χ1v) is 14.5. The summed E-state index contributed by atoms with van der Waals surface area (Å²) >= 11 is 0. The number of nitrogens with zero attached hydrogens (tertiary/aromatic N) is 3. The second-order valence-corrected chi connectivity index (χ2v) is 10.0. The van der Waals surface area contributed by atoms with Crippen LogP contribution in [0.4, 0.5) is 13.2 Å². The number of hydrogen-bond acceptors (Lipinski definition) is 5. The number of nitrogens with two attached hydrogens (primary N) is 1. The fourth-order valence-electron chi connectivity index (χ4n) is 4.41. The van der Waals surface area contributed by atoms with Crippen LogP contribution in [0, 0.1) is 17.5 Å². The number of rotatable bonds is 9. The zero-order valence-electron chi connectivity index (χ0n) is 25.3. The van der Waals surface area contributed by atoms with E-state index in [9.17, 15) is 27.9 Å². The van der Waals surface area contributed by atoms with Crippen LogP contribution in [0.3, 0.4) is 0 Å². The Balaban J connectivity index is 0.000000283. The third-order valence-electron chi connectivity index (χ3n) is 6.77. The zero-order valence-corrected chi connectivity index (χ0v) is 25.3. The molecule has 0 radical (unpaired) electrons. The quantitative estimate of drug-likeness (QED) is 0.156. The van der Waals surface area contributed by atoms with Gasteiger partial charge in [0.15, 0.2) is 0 Å². The van der Waals surface area contributed by atoms with Crippen LogP contribution in [-0.2, 0) is 17.8 Å². The fourth-order valence-corrected chi connectivity index (χ4v) is 4.41. The Morgan fingerprint density at radius 3 is 2.33 bits per heavy atom. The minimum atomic E-state index is -0.924. The summed E-state index contributed by atoms with van der Waals surface area (Å²) < 4.78 is 42.8. The molecule has 2 heterocycles. The van der Waals surface area contributed by atoms with Crippen molar-refractivity contribution in [3.05, 3.63) is 113 Å². The number of fused-ring (bicyclic) bond motifs is 1. The molecule has 45 heavy (non-hydrogen) atoms. The number of carbonyl (C=O) groups is 2. The van der Waals surface area contributed by atoms with Gasteiger partial charge in [-0.15, -0.1) is 0 Å². The number of phenolic OH excluding ortho intramolecular Hbond substituents is 1. The predicted octanol–water partition coefficient (Wildman–Crippen LogP) is 6.86. The maximum absolute atomic E-state index is 13.8. The van der Waals surface area contributed by atoms with Crippen molar-refractivity contribution in [1.82, 2.24) is 20.1 Å². The van der Waals surface area contributed by atoms with Crippen molar-refractivity contribution in [3.8, 4) is 16.9 Å². The average Bonchev–Trinajstić information content (AvgIpc) is 3.43. The van der Waals surface area contributed by atoms with E-state index in [1.165, 1.54) is 31.2 Å². The van der Waals surface area contributed by atoms with Gasteiger partial charge in [-0.05, 0) is 66.9 Å².